The molecule has 1 heterocycles. The van der Waals surface area contributed by atoms with Gasteiger partial charge in [-0.3, -0.25) is 9.59 Å². The minimum absolute atomic E-state index is 0.0128. The zero-order chi connectivity index (χ0) is 17.1. The van der Waals surface area contributed by atoms with Crippen molar-refractivity contribution < 1.29 is 9.59 Å². The molecule has 0 aliphatic heterocycles. The van der Waals surface area contributed by atoms with Crippen molar-refractivity contribution in [3.8, 4) is 0 Å². The zero-order valence-electron chi connectivity index (χ0n) is 13.6. The number of rotatable bonds is 4. The number of hydrogen-bond donors (Lipinski definition) is 1. The van der Waals surface area contributed by atoms with E-state index in [0.29, 0.717) is 9.21 Å². The molecule has 122 valence electrons. The lowest BCUT2D eigenvalue weighted by atomic mass is 10.1. The van der Waals surface area contributed by atoms with Gasteiger partial charge < -0.3 is 10.2 Å². The molecule has 1 aromatic carbocycles. The summed E-state index contributed by atoms with van der Waals surface area (Å²) in [6, 6.07) is 7.38. The van der Waals surface area contributed by atoms with Crippen molar-refractivity contribution in [3.63, 3.8) is 0 Å². The van der Waals surface area contributed by atoms with Gasteiger partial charge in [0, 0.05) is 12.7 Å². The summed E-state index contributed by atoms with van der Waals surface area (Å²) in [7, 11) is 1.60. The molecule has 0 fully saturated rings. The fourth-order valence-electron chi connectivity index (χ4n) is 2.46. The number of halogens is 1. The summed E-state index contributed by atoms with van der Waals surface area (Å²) in [5, 5.41) is 2.89. The summed E-state index contributed by atoms with van der Waals surface area (Å²) in [6.45, 7) is 5.92. The highest BCUT2D eigenvalue weighted by Crippen LogP contribution is 2.23. The van der Waals surface area contributed by atoms with Crippen LogP contribution in [-0.4, -0.2) is 30.3 Å². The van der Waals surface area contributed by atoms with Crippen LogP contribution in [-0.2, 0) is 4.79 Å². The monoisotopic (exact) mass is 350 g/mol. The van der Waals surface area contributed by atoms with Crippen LogP contribution in [0, 0.1) is 20.8 Å². The number of nitrogens with one attached hydrogen (secondary N) is 1. The highest BCUT2D eigenvalue weighted by molar-refractivity contribution is 7.17. The van der Waals surface area contributed by atoms with Crippen molar-refractivity contribution in [2.75, 3.05) is 18.9 Å². The van der Waals surface area contributed by atoms with Gasteiger partial charge in [0.25, 0.3) is 5.91 Å². The van der Waals surface area contributed by atoms with Gasteiger partial charge in [-0.05, 0) is 44.0 Å². The molecule has 0 aliphatic rings. The van der Waals surface area contributed by atoms with E-state index in [1.165, 1.54) is 16.2 Å². The van der Waals surface area contributed by atoms with Gasteiger partial charge in [0.15, 0.2) is 0 Å². The normalized spacial score (nSPS) is 10.5. The molecule has 0 saturated heterocycles. The van der Waals surface area contributed by atoms with Gasteiger partial charge in [0.05, 0.1) is 15.8 Å². The smallest absolute Gasteiger partial charge is 0.264 e. The number of hydrogen-bond acceptors (Lipinski definition) is 3. The Morgan fingerprint density at radius 3 is 2.30 bits per heavy atom. The molecule has 0 bridgehead atoms. The number of nitrogens with zero attached hydrogens (tertiary/aromatic N) is 1. The van der Waals surface area contributed by atoms with E-state index in [-0.39, 0.29) is 18.4 Å². The highest BCUT2D eigenvalue weighted by atomic mass is 35.5. The molecule has 0 saturated carbocycles. The largest absolute Gasteiger partial charge is 0.332 e. The fraction of sp³-hybridized carbons (Fsp3) is 0.294. The van der Waals surface area contributed by atoms with Crippen LogP contribution in [0.25, 0.3) is 0 Å². The molecular formula is C17H19ClN2O2S. The van der Waals surface area contributed by atoms with E-state index in [9.17, 15) is 9.59 Å². The molecule has 0 unspecified atom stereocenters. The predicted molar refractivity (Wildman–Crippen MR) is 95.6 cm³/mol. The minimum atomic E-state index is -0.224. The summed E-state index contributed by atoms with van der Waals surface area (Å²) >= 11 is 7.04. The summed E-state index contributed by atoms with van der Waals surface area (Å²) < 4.78 is 0.553. The molecule has 2 amide bonds. The van der Waals surface area contributed by atoms with Crippen LogP contribution in [0.4, 0.5) is 5.69 Å². The van der Waals surface area contributed by atoms with Crippen molar-refractivity contribution in [1.29, 1.82) is 0 Å². The Hall–Kier alpha value is -1.85. The second-order valence-corrected chi connectivity index (χ2v) is 7.30. The maximum atomic E-state index is 12.2. The van der Waals surface area contributed by atoms with Crippen LogP contribution >= 0.6 is 22.9 Å². The maximum absolute atomic E-state index is 12.2. The first-order chi connectivity index (χ1) is 10.8. The third-order valence-electron chi connectivity index (χ3n) is 3.45. The number of thiophene rings is 1. The third-order valence-corrected chi connectivity index (χ3v) is 4.67. The molecule has 1 N–H and O–H groups in total. The van der Waals surface area contributed by atoms with Gasteiger partial charge in [0.2, 0.25) is 5.91 Å². The van der Waals surface area contributed by atoms with E-state index >= 15 is 0 Å². The van der Waals surface area contributed by atoms with Gasteiger partial charge in [-0.15, -0.1) is 11.3 Å². The minimum Gasteiger partial charge on any atom is -0.332 e. The van der Waals surface area contributed by atoms with Gasteiger partial charge in [-0.2, -0.15) is 0 Å². The van der Waals surface area contributed by atoms with Crippen LogP contribution in [0.5, 0.6) is 0 Å². The number of carbonyl (C=O) groups excluding carboxylic acids is 2. The molecule has 4 nitrogen and oxygen atoms in total. The first kappa shape index (κ1) is 17.5. The molecule has 0 spiro atoms. The van der Waals surface area contributed by atoms with E-state index in [4.69, 9.17) is 11.6 Å². The van der Waals surface area contributed by atoms with Crippen LogP contribution in [0.1, 0.15) is 26.4 Å². The zero-order valence-corrected chi connectivity index (χ0v) is 15.1. The van der Waals surface area contributed by atoms with Gasteiger partial charge in [-0.25, -0.2) is 0 Å². The number of aryl methyl sites for hydroxylation is 3. The SMILES string of the molecule is Cc1cc(C)c(NC(=O)CN(C)C(=O)c2ccc(Cl)s2)c(C)c1. The van der Waals surface area contributed by atoms with Crippen LogP contribution in [0.3, 0.4) is 0 Å². The Kier molecular flexibility index (Phi) is 5.44. The summed E-state index contributed by atoms with van der Waals surface area (Å²) in [5.74, 6) is -0.437. The molecule has 1 aromatic heterocycles. The topological polar surface area (TPSA) is 49.4 Å². The molecule has 0 aliphatic carbocycles. The Balaban J connectivity index is 2.03. The van der Waals surface area contributed by atoms with Crippen LogP contribution < -0.4 is 5.32 Å². The Morgan fingerprint density at radius 2 is 1.78 bits per heavy atom. The van der Waals surface area contributed by atoms with Crippen LogP contribution in [0.2, 0.25) is 4.34 Å². The summed E-state index contributed by atoms with van der Waals surface area (Å²) in [4.78, 5) is 26.4. The van der Waals surface area contributed by atoms with Crippen molar-refractivity contribution >= 4 is 40.4 Å². The number of anilines is 1. The van der Waals surface area contributed by atoms with Crippen LogP contribution in [0.15, 0.2) is 24.3 Å². The molecule has 0 radical (unpaired) electrons. The number of benzene rings is 1. The standard InChI is InChI=1S/C17H19ClN2O2S/c1-10-7-11(2)16(12(3)8-10)19-15(21)9-20(4)17(22)13-5-6-14(18)23-13/h5-8H,9H2,1-4H3,(H,19,21). The quantitative estimate of drug-likeness (QED) is 0.904. The molecule has 2 aromatic rings. The van der Waals surface area contributed by atoms with E-state index in [1.54, 1.807) is 19.2 Å². The van der Waals surface area contributed by atoms with E-state index < -0.39 is 0 Å². The van der Waals surface area contributed by atoms with E-state index in [0.717, 1.165) is 22.4 Å². The number of likely N-dealkylation sites (N-methyl/N-ethyl adjacent to an activating group) is 1. The van der Waals surface area contributed by atoms with Gasteiger partial charge >= 0.3 is 0 Å². The second-order valence-electron chi connectivity index (χ2n) is 5.59. The lowest BCUT2D eigenvalue weighted by Crippen LogP contribution is -2.34. The predicted octanol–water partition coefficient (Wildman–Crippen LogP) is 4.04. The van der Waals surface area contributed by atoms with Crippen molar-refractivity contribution in [2.24, 2.45) is 0 Å². The highest BCUT2D eigenvalue weighted by Gasteiger charge is 2.17. The molecular weight excluding hydrogens is 332 g/mol. The molecule has 23 heavy (non-hydrogen) atoms. The Morgan fingerprint density at radius 1 is 1.17 bits per heavy atom. The first-order valence-corrected chi connectivity index (χ1v) is 8.36. The van der Waals surface area contributed by atoms with Gasteiger partial charge in [-0.1, -0.05) is 29.3 Å². The fourth-order valence-corrected chi connectivity index (χ4v) is 3.50. The van der Waals surface area contributed by atoms with Crippen molar-refractivity contribution in [1.82, 2.24) is 4.90 Å². The van der Waals surface area contributed by atoms with E-state index in [2.05, 4.69) is 5.32 Å². The van der Waals surface area contributed by atoms with Gasteiger partial charge in [0.1, 0.15) is 0 Å². The van der Waals surface area contributed by atoms with E-state index in [1.807, 2.05) is 32.9 Å². The summed E-state index contributed by atoms with van der Waals surface area (Å²) in [5.41, 5.74) is 3.98. The molecule has 6 heteroatoms. The number of carbonyl (C=O) groups is 2. The average molecular weight is 351 g/mol. The lowest BCUT2D eigenvalue weighted by molar-refractivity contribution is -0.116. The van der Waals surface area contributed by atoms with Crippen molar-refractivity contribution in [2.45, 2.75) is 20.8 Å². The molecule has 0 atom stereocenters. The lowest BCUT2D eigenvalue weighted by Gasteiger charge is -2.18. The second kappa shape index (κ2) is 7.15. The first-order valence-electron chi connectivity index (χ1n) is 7.16. The summed E-state index contributed by atoms with van der Waals surface area (Å²) in [6.07, 6.45) is 0. The average Bonchev–Trinajstić information content (AvgIpc) is 2.88. The third kappa shape index (κ3) is 4.33. The number of amides is 2. The van der Waals surface area contributed by atoms with Crippen molar-refractivity contribution in [3.05, 3.63) is 50.2 Å². The maximum Gasteiger partial charge on any atom is 0.264 e. The Labute approximate surface area is 145 Å². The Bertz CT molecular complexity index is 732. The molecule has 2 rings (SSSR count).